The van der Waals surface area contributed by atoms with E-state index in [1.807, 2.05) is 6.92 Å². The molecular formula is C32H43BrN4O7S. The van der Waals surface area contributed by atoms with Crippen molar-refractivity contribution in [2.24, 2.45) is 11.3 Å². The number of benzene rings is 1. The molecule has 1 aromatic carbocycles. The molecule has 13 heteroatoms. The highest BCUT2D eigenvalue weighted by Crippen LogP contribution is 2.46. The Morgan fingerprint density at radius 1 is 1.29 bits per heavy atom. The minimum Gasteiger partial charge on any atom is -0.495 e. The monoisotopic (exact) mass is 706 g/mol. The summed E-state index contributed by atoms with van der Waals surface area (Å²) in [5, 5.41) is 14.3. The van der Waals surface area contributed by atoms with Crippen molar-refractivity contribution in [2.75, 3.05) is 20.3 Å². The summed E-state index contributed by atoms with van der Waals surface area (Å²) in [4.78, 5) is 54.8. The van der Waals surface area contributed by atoms with Crippen molar-refractivity contribution in [3.8, 4) is 11.6 Å². The first-order chi connectivity index (χ1) is 21.3. The van der Waals surface area contributed by atoms with E-state index in [1.165, 1.54) is 22.9 Å². The van der Waals surface area contributed by atoms with E-state index in [2.05, 4.69) is 37.5 Å². The molecule has 3 aliphatic rings. The third-order valence-electron chi connectivity index (χ3n) is 8.19. The van der Waals surface area contributed by atoms with Gasteiger partial charge in [-0.25, -0.2) is 0 Å². The average molecular weight is 708 g/mol. The lowest BCUT2D eigenvalue weighted by atomic mass is 9.88. The lowest BCUT2D eigenvalue weighted by Crippen LogP contribution is -2.56. The number of methoxy groups -OCH3 is 1. The summed E-state index contributed by atoms with van der Waals surface area (Å²) >= 11 is 4.83. The number of likely N-dealkylation sites (tertiary alicyclic amines) is 1. The Kier molecular flexibility index (Phi) is 11.0. The minimum absolute atomic E-state index is 0.0782. The van der Waals surface area contributed by atoms with Crippen molar-refractivity contribution in [3.05, 3.63) is 45.6 Å². The van der Waals surface area contributed by atoms with Crippen LogP contribution in [0.2, 0.25) is 0 Å². The molecule has 3 amide bonds. The van der Waals surface area contributed by atoms with Gasteiger partial charge in [0.05, 0.1) is 23.7 Å². The molecule has 45 heavy (non-hydrogen) atoms. The van der Waals surface area contributed by atoms with Crippen molar-refractivity contribution < 1.29 is 29.0 Å². The first-order valence-corrected chi connectivity index (χ1v) is 16.9. The van der Waals surface area contributed by atoms with E-state index >= 15 is 0 Å². The summed E-state index contributed by atoms with van der Waals surface area (Å²) in [5.41, 5.74) is -0.974. The number of fused-ring (bicyclic) bond motifs is 1. The maximum Gasteiger partial charge on any atom is 0.256 e. The second-order valence-electron chi connectivity index (χ2n) is 12.6. The van der Waals surface area contributed by atoms with Gasteiger partial charge in [-0.3, -0.25) is 23.9 Å². The lowest BCUT2D eigenvalue weighted by molar-refractivity contribution is -0.150. The fraction of sp³-hybridized carbons (Fsp3) is 0.562. The molecule has 2 aromatic rings. The summed E-state index contributed by atoms with van der Waals surface area (Å²) in [6.07, 6.45) is 4.47. The van der Waals surface area contributed by atoms with Gasteiger partial charge in [0.1, 0.15) is 23.4 Å². The number of hydrogen-bond acceptors (Lipinski definition) is 8. The summed E-state index contributed by atoms with van der Waals surface area (Å²) in [6, 6.07) is 4.27. The van der Waals surface area contributed by atoms with E-state index in [0.29, 0.717) is 60.2 Å². The Morgan fingerprint density at radius 3 is 2.58 bits per heavy atom. The Labute approximate surface area is 276 Å². The Balaban J connectivity index is 0.000000231. The van der Waals surface area contributed by atoms with Crippen LogP contribution in [-0.2, 0) is 14.4 Å². The van der Waals surface area contributed by atoms with Crippen molar-refractivity contribution in [2.45, 2.75) is 82.7 Å². The smallest absolute Gasteiger partial charge is 0.256 e. The van der Waals surface area contributed by atoms with Gasteiger partial charge in [-0.1, -0.05) is 26.8 Å². The van der Waals surface area contributed by atoms with Gasteiger partial charge in [-0.2, -0.15) is 0 Å². The first-order valence-electron chi connectivity index (χ1n) is 15.2. The largest absolute Gasteiger partial charge is 0.495 e. The zero-order chi connectivity index (χ0) is 33.1. The number of rotatable bonds is 10. The van der Waals surface area contributed by atoms with Crippen molar-refractivity contribution >= 4 is 56.5 Å². The number of H-pyrrole nitrogens is 1. The Bertz CT molecular complexity index is 1500. The predicted molar refractivity (Wildman–Crippen MR) is 178 cm³/mol. The number of nitrogens with one attached hydrogen (secondary N) is 3. The number of pyridine rings is 1. The zero-order valence-electron chi connectivity index (χ0n) is 26.4. The molecule has 4 N–H and O–H groups in total. The molecule has 2 heterocycles. The molecule has 1 aliphatic heterocycles. The van der Waals surface area contributed by atoms with Crippen LogP contribution in [0, 0.1) is 11.3 Å². The fourth-order valence-electron chi connectivity index (χ4n) is 5.21. The first kappa shape index (κ1) is 34.8. The number of carbonyl (C=O) groups is 3. The van der Waals surface area contributed by atoms with Gasteiger partial charge in [-0.15, -0.1) is 6.58 Å². The highest BCUT2D eigenvalue weighted by atomic mass is 79.9. The van der Waals surface area contributed by atoms with Gasteiger partial charge >= 0.3 is 0 Å². The van der Waals surface area contributed by atoms with Crippen LogP contribution in [0.3, 0.4) is 0 Å². The molecule has 4 atom stereocenters. The number of aliphatic hydroxyl groups is 1. The van der Waals surface area contributed by atoms with E-state index in [1.54, 1.807) is 46.1 Å². The van der Waals surface area contributed by atoms with Crippen molar-refractivity contribution in [1.82, 2.24) is 19.9 Å². The number of hydrogen-bond donors (Lipinski definition) is 4. The van der Waals surface area contributed by atoms with Gasteiger partial charge in [0, 0.05) is 29.2 Å². The SMILES string of the molecule is C=CC1C[C@]1(NC(=O)C1CCCN1C(=O)C(O)C(C)(C)C)C(=O)NSC1CC1.CCOc1cc(=O)c2ccc(OC)c(Br)c2[nH]1. The van der Waals surface area contributed by atoms with Crippen LogP contribution in [0.1, 0.15) is 59.8 Å². The van der Waals surface area contributed by atoms with E-state index in [4.69, 9.17) is 9.47 Å². The van der Waals surface area contributed by atoms with E-state index in [0.717, 1.165) is 17.3 Å². The van der Waals surface area contributed by atoms with Gasteiger partial charge in [0.2, 0.25) is 5.91 Å². The maximum absolute atomic E-state index is 13.0. The Hall–Kier alpha value is -3.03. The molecule has 2 aliphatic carbocycles. The molecule has 1 saturated heterocycles. The standard InChI is InChI=1S/C20H31N3O4S.C12H12BrNO3/c1-5-12-11-20(12,18(27)22-28-13-8-9-13)21-16(25)14-7-6-10-23(14)17(26)15(24)19(2,3)4;1-3-17-10-6-8(15)7-4-5-9(16-2)11(13)12(7)14-10/h5,12-15,24H,1,6-11H2,2-4H3,(H,21,25)(H,22,27);4-6H,3H2,1-2H3,(H,14,15)/t12?,14?,15?,20-;/m1./s1. The molecule has 0 bridgehead atoms. The van der Waals surface area contributed by atoms with Crippen molar-refractivity contribution in [1.29, 1.82) is 0 Å². The van der Waals surface area contributed by atoms with Gasteiger partial charge in [0.25, 0.3) is 11.8 Å². The van der Waals surface area contributed by atoms with E-state index in [9.17, 15) is 24.3 Å². The number of ether oxygens (including phenoxy) is 2. The van der Waals surface area contributed by atoms with Crippen LogP contribution in [0.25, 0.3) is 10.9 Å². The van der Waals surface area contributed by atoms with Crippen LogP contribution in [0.4, 0.5) is 0 Å². The molecule has 2 saturated carbocycles. The van der Waals surface area contributed by atoms with Crippen molar-refractivity contribution in [3.63, 3.8) is 0 Å². The molecule has 0 radical (unpaired) electrons. The highest BCUT2D eigenvalue weighted by molar-refractivity contribution is 9.10. The summed E-state index contributed by atoms with van der Waals surface area (Å²) < 4.78 is 14.1. The van der Waals surface area contributed by atoms with Gasteiger partial charge in [0.15, 0.2) is 11.3 Å². The minimum atomic E-state index is -1.17. The van der Waals surface area contributed by atoms with Crippen LogP contribution in [0.15, 0.2) is 40.1 Å². The number of carbonyl (C=O) groups excluding carboxylic acids is 3. The number of aromatic amines is 1. The fourth-order valence-corrected chi connectivity index (χ4v) is 6.65. The summed E-state index contributed by atoms with van der Waals surface area (Å²) in [7, 11) is 1.58. The quantitative estimate of drug-likeness (QED) is 0.213. The van der Waals surface area contributed by atoms with Gasteiger partial charge in [-0.05, 0) is 84.5 Å². The molecule has 11 nitrogen and oxygen atoms in total. The van der Waals surface area contributed by atoms with Crippen LogP contribution >= 0.6 is 27.9 Å². The number of amides is 3. The molecule has 3 unspecified atom stereocenters. The topological polar surface area (TPSA) is 150 Å². The third kappa shape index (κ3) is 7.86. The summed E-state index contributed by atoms with van der Waals surface area (Å²) in [5.74, 6) is 0.0582. The zero-order valence-corrected chi connectivity index (χ0v) is 28.8. The molecule has 1 aromatic heterocycles. The maximum atomic E-state index is 13.0. The second-order valence-corrected chi connectivity index (χ2v) is 14.5. The van der Waals surface area contributed by atoms with Gasteiger partial charge < -0.3 is 29.8 Å². The van der Waals surface area contributed by atoms with E-state index < -0.39 is 29.0 Å². The highest BCUT2D eigenvalue weighted by Gasteiger charge is 2.60. The second kappa shape index (κ2) is 14.2. The van der Waals surface area contributed by atoms with Crippen LogP contribution in [0.5, 0.6) is 11.6 Å². The normalized spacial score (nSPS) is 23.0. The van der Waals surface area contributed by atoms with E-state index in [-0.39, 0.29) is 23.2 Å². The number of nitrogens with zero attached hydrogens (tertiary/aromatic N) is 1. The lowest BCUT2D eigenvalue weighted by Gasteiger charge is -2.32. The van der Waals surface area contributed by atoms with Crippen LogP contribution in [-0.4, -0.2) is 75.9 Å². The number of aliphatic hydroxyl groups excluding tert-OH is 1. The Morgan fingerprint density at radius 2 is 2.00 bits per heavy atom. The number of aromatic nitrogens is 1. The molecule has 5 rings (SSSR count). The summed E-state index contributed by atoms with van der Waals surface area (Å²) in [6.45, 7) is 11.9. The molecular weight excluding hydrogens is 664 g/mol. The predicted octanol–water partition coefficient (Wildman–Crippen LogP) is 4.07. The number of halogens is 1. The average Bonchev–Trinajstić information content (AvgIpc) is 3.91. The molecule has 246 valence electrons. The molecule has 0 spiro atoms. The molecule has 3 fully saturated rings. The van der Waals surface area contributed by atoms with Crippen LogP contribution < -0.4 is 24.9 Å². The third-order valence-corrected chi connectivity index (χ3v) is 10.1.